The van der Waals surface area contributed by atoms with Gasteiger partial charge in [0.1, 0.15) is 5.75 Å². The number of thiophene rings is 1. The van der Waals surface area contributed by atoms with Gasteiger partial charge >= 0.3 is 0 Å². The van der Waals surface area contributed by atoms with Gasteiger partial charge < -0.3 is 10.1 Å². The molecule has 1 amide bonds. The summed E-state index contributed by atoms with van der Waals surface area (Å²) in [6.45, 7) is 2.76. The van der Waals surface area contributed by atoms with Gasteiger partial charge in [-0.1, -0.05) is 42.6 Å². The van der Waals surface area contributed by atoms with Crippen molar-refractivity contribution in [2.75, 3.05) is 26.2 Å². The zero-order valence-corrected chi connectivity index (χ0v) is 16.4. The molecule has 0 saturated carbocycles. The molecule has 1 saturated heterocycles. The van der Waals surface area contributed by atoms with E-state index in [0.717, 1.165) is 13.1 Å². The summed E-state index contributed by atoms with van der Waals surface area (Å²) in [5.41, 5.74) is 0. The maximum Gasteiger partial charge on any atom is 0.258 e. The van der Waals surface area contributed by atoms with Crippen molar-refractivity contribution in [1.29, 1.82) is 0 Å². The van der Waals surface area contributed by atoms with Crippen LogP contribution in [0.4, 0.5) is 0 Å². The Morgan fingerprint density at radius 2 is 1.92 bits per heavy atom. The van der Waals surface area contributed by atoms with E-state index in [2.05, 4.69) is 27.7 Å². The largest absolute Gasteiger partial charge is 0.482 e. The summed E-state index contributed by atoms with van der Waals surface area (Å²) in [6.07, 6.45) is 5.05. The van der Waals surface area contributed by atoms with Gasteiger partial charge in [-0.2, -0.15) is 0 Å². The minimum absolute atomic E-state index is 0.0269. The summed E-state index contributed by atoms with van der Waals surface area (Å²) < 4.78 is 5.53. The summed E-state index contributed by atoms with van der Waals surface area (Å²) >= 11 is 7.81. The number of carbonyl (C=O) groups excluding carboxylic acids is 1. The number of carbonyl (C=O) groups is 1. The zero-order chi connectivity index (χ0) is 18.2. The van der Waals surface area contributed by atoms with E-state index in [-0.39, 0.29) is 18.6 Å². The van der Waals surface area contributed by atoms with E-state index in [9.17, 15) is 4.79 Å². The molecule has 140 valence electrons. The van der Waals surface area contributed by atoms with Crippen LogP contribution in [-0.2, 0) is 4.79 Å². The highest BCUT2D eigenvalue weighted by Gasteiger charge is 2.23. The van der Waals surface area contributed by atoms with Gasteiger partial charge in [0.25, 0.3) is 5.91 Å². The maximum absolute atomic E-state index is 12.3. The van der Waals surface area contributed by atoms with Crippen LogP contribution in [0.2, 0.25) is 5.02 Å². The Labute approximate surface area is 164 Å². The molecular weight excluding hydrogens is 368 g/mol. The number of rotatable bonds is 7. The van der Waals surface area contributed by atoms with Gasteiger partial charge in [-0.15, -0.1) is 11.3 Å². The van der Waals surface area contributed by atoms with Crippen molar-refractivity contribution in [3.8, 4) is 5.75 Å². The number of ether oxygens (including phenoxy) is 1. The van der Waals surface area contributed by atoms with Crippen molar-refractivity contribution in [2.24, 2.45) is 0 Å². The number of nitrogens with zero attached hydrogens (tertiary/aromatic N) is 1. The summed E-state index contributed by atoms with van der Waals surface area (Å²) in [6, 6.07) is 11.7. The second-order valence-electron chi connectivity index (χ2n) is 6.50. The van der Waals surface area contributed by atoms with E-state index < -0.39 is 0 Å². The molecule has 0 aliphatic carbocycles. The van der Waals surface area contributed by atoms with Crippen molar-refractivity contribution in [3.05, 3.63) is 51.7 Å². The molecule has 4 nitrogen and oxygen atoms in total. The maximum atomic E-state index is 12.3. The van der Waals surface area contributed by atoms with Crippen molar-refractivity contribution in [2.45, 2.75) is 31.7 Å². The minimum atomic E-state index is -0.124. The molecule has 1 aromatic carbocycles. The number of hydrogen-bond acceptors (Lipinski definition) is 4. The standard InChI is InChI=1S/C20H25ClN2O2S/c21-16-8-3-4-9-18(16)25-15-20(24)22-14-17(19-10-7-13-26-19)23-11-5-1-2-6-12-23/h3-4,7-10,13,17H,1-2,5-6,11-12,14-15H2,(H,22,24)/t17-/m0/s1. The fraction of sp³-hybridized carbons (Fsp3) is 0.450. The zero-order valence-electron chi connectivity index (χ0n) is 14.8. The number of likely N-dealkylation sites (tertiary alicyclic amines) is 1. The highest BCUT2D eigenvalue weighted by Crippen LogP contribution is 2.27. The molecule has 0 unspecified atom stereocenters. The summed E-state index contributed by atoms with van der Waals surface area (Å²) in [4.78, 5) is 16.1. The third-order valence-electron chi connectivity index (χ3n) is 4.64. The van der Waals surface area contributed by atoms with Gasteiger partial charge in [-0.3, -0.25) is 9.69 Å². The molecule has 0 radical (unpaired) electrons. The van der Waals surface area contributed by atoms with Crippen LogP contribution >= 0.6 is 22.9 Å². The number of nitrogens with one attached hydrogen (secondary N) is 1. The lowest BCUT2D eigenvalue weighted by molar-refractivity contribution is -0.123. The topological polar surface area (TPSA) is 41.6 Å². The van der Waals surface area contributed by atoms with Gasteiger partial charge in [-0.25, -0.2) is 0 Å². The third kappa shape index (κ3) is 5.47. The predicted octanol–water partition coefficient (Wildman–Crippen LogP) is 4.51. The monoisotopic (exact) mass is 392 g/mol. The van der Waals surface area contributed by atoms with Crippen LogP contribution in [0, 0.1) is 0 Å². The molecule has 1 N–H and O–H groups in total. The average molecular weight is 393 g/mol. The lowest BCUT2D eigenvalue weighted by Crippen LogP contribution is -2.39. The first-order valence-corrected chi connectivity index (χ1v) is 10.4. The minimum Gasteiger partial charge on any atom is -0.482 e. The normalized spacial score (nSPS) is 16.7. The molecule has 2 aromatic rings. The van der Waals surface area contributed by atoms with Gasteiger partial charge in [0, 0.05) is 11.4 Å². The quantitative estimate of drug-likeness (QED) is 0.753. The van der Waals surface area contributed by atoms with Crippen LogP contribution in [0.1, 0.15) is 36.6 Å². The SMILES string of the molecule is O=C(COc1ccccc1Cl)NC[C@@H](c1cccs1)N1CCCCCC1. The number of benzene rings is 1. The molecule has 1 aliphatic heterocycles. The first-order chi connectivity index (χ1) is 12.7. The van der Waals surface area contributed by atoms with Gasteiger partial charge in [0.2, 0.25) is 0 Å². The Kier molecular flexibility index (Phi) is 7.35. The number of hydrogen-bond donors (Lipinski definition) is 1. The van der Waals surface area contributed by atoms with E-state index in [1.165, 1.54) is 30.6 Å². The Hall–Kier alpha value is -1.56. The molecule has 0 spiro atoms. The molecule has 26 heavy (non-hydrogen) atoms. The molecule has 6 heteroatoms. The highest BCUT2D eigenvalue weighted by molar-refractivity contribution is 7.10. The van der Waals surface area contributed by atoms with E-state index in [1.807, 2.05) is 12.1 Å². The molecule has 0 bridgehead atoms. The van der Waals surface area contributed by atoms with Crippen molar-refractivity contribution < 1.29 is 9.53 Å². The summed E-state index contributed by atoms with van der Waals surface area (Å²) in [7, 11) is 0. The Balaban J connectivity index is 1.55. The lowest BCUT2D eigenvalue weighted by Gasteiger charge is -2.30. The van der Waals surface area contributed by atoms with Crippen LogP contribution in [0.3, 0.4) is 0 Å². The number of halogens is 1. The molecule has 1 fully saturated rings. The van der Waals surface area contributed by atoms with E-state index in [1.54, 1.807) is 23.5 Å². The fourth-order valence-electron chi connectivity index (χ4n) is 3.26. The summed E-state index contributed by atoms with van der Waals surface area (Å²) in [5, 5.41) is 5.65. The van der Waals surface area contributed by atoms with Crippen molar-refractivity contribution in [1.82, 2.24) is 10.2 Å². The second kappa shape index (κ2) is 9.95. The van der Waals surface area contributed by atoms with Gasteiger partial charge in [0.15, 0.2) is 6.61 Å². The Bertz CT molecular complexity index is 685. The molecule has 1 atom stereocenters. The first kappa shape index (κ1) is 19.2. The highest BCUT2D eigenvalue weighted by atomic mass is 35.5. The number of para-hydroxylation sites is 1. The van der Waals surface area contributed by atoms with Crippen LogP contribution in [0.15, 0.2) is 41.8 Å². The van der Waals surface area contributed by atoms with Gasteiger partial charge in [-0.05, 0) is 49.5 Å². The molecule has 1 aliphatic rings. The molecule has 3 rings (SSSR count). The van der Waals surface area contributed by atoms with Crippen molar-refractivity contribution >= 4 is 28.8 Å². The van der Waals surface area contributed by atoms with Crippen LogP contribution in [0.5, 0.6) is 5.75 Å². The number of amides is 1. The van der Waals surface area contributed by atoms with Crippen LogP contribution in [0.25, 0.3) is 0 Å². The first-order valence-electron chi connectivity index (χ1n) is 9.15. The Morgan fingerprint density at radius 1 is 1.15 bits per heavy atom. The van der Waals surface area contributed by atoms with E-state index >= 15 is 0 Å². The van der Waals surface area contributed by atoms with E-state index in [4.69, 9.17) is 16.3 Å². The Morgan fingerprint density at radius 3 is 2.62 bits per heavy atom. The third-order valence-corrected chi connectivity index (χ3v) is 5.93. The predicted molar refractivity (Wildman–Crippen MR) is 107 cm³/mol. The van der Waals surface area contributed by atoms with Crippen LogP contribution in [-0.4, -0.2) is 37.0 Å². The van der Waals surface area contributed by atoms with Crippen molar-refractivity contribution in [3.63, 3.8) is 0 Å². The lowest BCUT2D eigenvalue weighted by atomic mass is 10.2. The van der Waals surface area contributed by atoms with Gasteiger partial charge in [0.05, 0.1) is 11.1 Å². The fourth-order valence-corrected chi connectivity index (χ4v) is 4.32. The average Bonchev–Trinajstić information content (AvgIpc) is 3.04. The van der Waals surface area contributed by atoms with Crippen LogP contribution < -0.4 is 10.1 Å². The molecule has 2 heterocycles. The summed E-state index contributed by atoms with van der Waals surface area (Å²) in [5.74, 6) is 0.410. The molecular formula is C20H25ClN2O2S. The molecule has 1 aromatic heterocycles. The van der Waals surface area contributed by atoms with E-state index in [0.29, 0.717) is 17.3 Å². The smallest absolute Gasteiger partial charge is 0.258 e. The second-order valence-corrected chi connectivity index (χ2v) is 7.89.